The molecule has 2 aliphatic rings. The van der Waals surface area contributed by atoms with Crippen molar-refractivity contribution in [3.63, 3.8) is 0 Å². The fourth-order valence-corrected chi connectivity index (χ4v) is 3.32. The molecule has 0 aromatic carbocycles. The van der Waals surface area contributed by atoms with Crippen molar-refractivity contribution >= 4 is 0 Å². The molecule has 3 atom stereocenters. The van der Waals surface area contributed by atoms with Crippen LogP contribution in [0.2, 0.25) is 0 Å². The van der Waals surface area contributed by atoms with Gasteiger partial charge in [0.05, 0.1) is 7.11 Å². The Balaban J connectivity index is 1.65. The van der Waals surface area contributed by atoms with E-state index in [1.54, 1.807) is 7.11 Å². The minimum atomic E-state index is 0.673. The third kappa shape index (κ3) is 2.10. The van der Waals surface area contributed by atoms with Crippen molar-refractivity contribution in [2.24, 2.45) is 11.8 Å². The van der Waals surface area contributed by atoms with Crippen LogP contribution in [-0.2, 0) is 6.54 Å². The van der Waals surface area contributed by atoms with Crippen LogP contribution in [0.15, 0.2) is 18.3 Å². The van der Waals surface area contributed by atoms with Crippen LogP contribution in [-0.4, -0.2) is 42.7 Å². The Hall–Kier alpha value is -1.13. The number of nitrogens with one attached hydrogen (secondary N) is 1. The lowest BCUT2D eigenvalue weighted by Crippen LogP contribution is -2.32. The second-order valence-electron chi connectivity index (χ2n) is 5.46. The van der Waals surface area contributed by atoms with Gasteiger partial charge in [-0.1, -0.05) is 6.07 Å². The lowest BCUT2D eigenvalue weighted by atomic mass is 9.95. The van der Waals surface area contributed by atoms with Gasteiger partial charge in [0.2, 0.25) is 5.88 Å². The Bertz CT molecular complexity index is 406. The Morgan fingerprint density at radius 2 is 2.33 bits per heavy atom. The third-order valence-electron chi connectivity index (χ3n) is 4.45. The summed E-state index contributed by atoms with van der Waals surface area (Å²) in [6, 6.07) is 4.73. The topological polar surface area (TPSA) is 37.4 Å². The van der Waals surface area contributed by atoms with Crippen LogP contribution in [0.5, 0.6) is 5.88 Å². The average Bonchev–Trinajstić information content (AvgIpc) is 2.95. The van der Waals surface area contributed by atoms with E-state index in [1.807, 2.05) is 12.3 Å². The number of nitrogens with zero attached hydrogens (tertiary/aromatic N) is 2. The van der Waals surface area contributed by atoms with Gasteiger partial charge >= 0.3 is 0 Å². The van der Waals surface area contributed by atoms with Crippen LogP contribution in [0.3, 0.4) is 0 Å². The quantitative estimate of drug-likeness (QED) is 0.869. The molecule has 3 heterocycles. The van der Waals surface area contributed by atoms with E-state index in [0.29, 0.717) is 11.9 Å². The van der Waals surface area contributed by atoms with Gasteiger partial charge in [0.25, 0.3) is 0 Å². The molecule has 0 radical (unpaired) electrons. The number of likely N-dealkylation sites (tertiary alicyclic amines) is 1. The van der Waals surface area contributed by atoms with Crippen LogP contribution in [0, 0.1) is 11.8 Å². The van der Waals surface area contributed by atoms with E-state index in [-0.39, 0.29) is 0 Å². The summed E-state index contributed by atoms with van der Waals surface area (Å²) in [5.74, 6) is 2.36. The van der Waals surface area contributed by atoms with Crippen molar-refractivity contribution in [2.45, 2.75) is 19.5 Å². The Morgan fingerprint density at radius 1 is 1.44 bits per heavy atom. The molecule has 2 saturated heterocycles. The molecule has 0 aliphatic carbocycles. The zero-order valence-corrected chi connectivity index (χ0v) is 11.1. The van der Waals surface area contributed by atoms with Crippen molar-refractivity contribution in [3.8, 4) is 5.88 Å². The van der Waals surface area contributed by atoms with Crippen molar-refractivity contribution in [3.05, 3.63) is 23.9 Å². The van der Waals surface area contributed by atoms with E-state index >= 15 is 0 Å². The number of ether oxygens (including phenoxy) is 1. The molecule has 2 aliphatic heterocycles. The Kier molecular flexibility index (Phi) is 3.22. The summed E-state index contributed by atoms with van der Waals surface area (Å²) in [6.45, 7) is 6.94. The Morgan fingerprint density at radius 3 is 3.00 bits per heavy atom. The van der Waals surface area contributed by atoms with Gasteiger partial charge in [-0.15, -0.1) is 0 Å². The molecule has 0 saturated carbocycles. The molecule has 4 heteroatoms. The van der Waals surface area contributed by atoms with Crippen LogP contribution < -0.4 is 10.1 Å². The maximum atomic E-state index is 5.09. The molecule has 0 amide bonds. The third-order valence-corrected chi connectivity index (χ3v) is 4.45. The normalized spacial score (nSPS) is 31.6. The van der Waals surface area contributed by atoms with Gasteiger partial charge in [0, 0.05) is 31.4 Å². The summed E-state index contributed by atoms with van der Waals surface area (Å²) in [5.41, 5.74) is 1.27. The molecule has 0 spiro atoms. The molecular weight excluding hydrogens is 226 g/mol. The fourth-order valence-electron chi connectivity index (χ4n) is 3.32. The second-order valence-corrected chi connectivity index (χ2v) is 5.46. The highest BCUT2D eigenvalue weighted by molar-refractivity contribution is 5.18. The van der Waals surface area contributed by atoms with E-state index in [4.69, 9.17) is 4.74 Å². The maximum Gasteiger partial charge on any atom is 0.212 e. The van der Waals surface area contributed by atoms with E-state index in [0.717, 1.165) is 18.4 Å². The van der Waals surface area contributed by atoms with Crippen molar-refractivity contribution < 1.29 is 4.74 Å². The molecular formula is C14H21N3O. The van der Waals surface area contributed by atoms with Gasteiger partial charge in [-0.2, -0.15) is 0 Å². The van der Waals surface area contributed by atoms with E-state index in [1.165, 1.54) is 25.2 Å². The van der Waals surface area contributed by atoms with Crippen LogP contribution >= 0.6 is 0 Å². The highest BCUT2D eigenvalue weighted by Gasteiger charge is 2.41. The summed E-state index contributed by atoms with van der Waals surface area (Å²) in [6.07, 6.45) is 1.93. The van der Waals surface area contributed by atoms with Crippen LogP contribution in [0.1, 0.15) is 12.5 Å². The van der Waals surface area contributed by atoms with Gasteiger partial charge in [-0.05, 0) is 37.4 Å². The first-order valence-electron chi connectivity index (χ1n) is 6.71. The Labute approximate surface area is 108 Å². The SMILES string of the molecule is COc1ccc(CN2CC3CNCC3C2C)cn1. The molecule has 4 nitrogen and oxygen atoms in total. The minimum Gasteiger partial charge on any atom is -0.481 e. The largest absolute Gasteiger partial charge is 0.481 e. The first-order chi connectivity index (χ1) is 8.78. The number of methoxy groups -OCH3 is 1. The predicted molar refractivity (Wildman–Crippen MR) is 70.5 cm³/mol. The number of hydrogen-bond acceptors (Lipinski definition) is 4. The van der Waals surface area contributed by atoms with Gasteiger partial charge in [-0.25, -0.2) is 4.98 Å². The number of aromatic nitrogens is 1. The van der Waals surface area contributed by atoms with Gasteiger partial charge in [0.15, 0.2) is 0 Å². The molecule has 1 N–H and O–H groups in total. The first-order valence-corrected chi connectivity index (χ1v) is 6.71. The summed E-state index contributed by atoms with van der Waals surface area (Å²) in [7, 11) is 1.65. The highest BCUT2D eigenvalue weighted by atomic mass is 16.5. The van der Waals surface area contributed by atoms with E-state index in [9.17, 15) is 0 Å². The van der Waals surface area contributed by atoms with Crippen LogP contribution in [0.4, 0.5) is 0 Å². The zero-order valence-electron chi connectivity index (χ0n) is 11.1. The number of fused-ring (bicyclic) bond motifs is 1. The molecule has 3 rings (SSSR count). The zero-order chi connectivity index (χ0) is 12.5. The first kappa shape index (κ1) is 11.9. The summed E-state index contributed by atoms with van der Waals surface area (Å²) >= 11 is 0. The van der Waals surface area contributed by atoms with E-state index in [2.05, 4.69) is 28.2 Å². The molecule has 0 bridgehead atoms. The standard InChI is InChI=1S/C14H21N3O/c1-10-13-7-15-6-12(13)9-17(10)8-11-3-4-14(18-2)16-5-11/h3-5,10,12-13,15H,6-9H2,1-2H3. The number of pyridine rings is 1. The second kappa shape index (κ2) is 4.86. The van der Waals surface area contributed by atoms with Crippen LogP contribution in [0.25, 0.3) is 0 Å². The molecule has 2 fully saturated rings. The van der Waals surface area contributed by atoms with Crippen molar-refractivity contribution in [1.29, 1.82) is 0 Å². The van der Waals surface area contributed by atoms with Crippen molar-refractivity contribution in [1.82, 2.24) is 15.2 Å². The molecule has 1 aromatic heterocycles. The monoisotopic (exact) mass is 247 g/mol. The number of hydrogen-bond donors (Lipinski definition) is 1. The predicted octanol–water partition coefficient (Wildman–Crippen LogP) is 1.13. The lowest BCUT2D eigenvalue weighted by Gasteiger charge is -2.24. The maximum absolute atomic E-state index is 5.09. The molecule has 3 unspecified atom stereocenters. The summed E-state index contributed by atoms with van der Waals surface area (Å²) in [4.78, 5) is 6.86. The molecule has 98 valence electrons. The van der Waals surface area contributed by atoms with Gasteiger partial charge < -0.3 is 10.1 Å². The van der Waals surface area contributed by atoms with Gasteiger partial charge in [0.1, 0.15) is 0 Å². The lowest BCUT2D eigenvalue weighted by molar-refractivity contribution is 0.231. The molecule has 1 aromatic rings. The highest BCUT2D eigenvalue weighted by Crippen LogP contribution is 2.33. The average molecular weight is 247 g/mol. The minimum absolute atomic E-state index is 0.673. The van der Waals surface area contributed by atoms with Crippen molar-refractivity contribution in [2.75, 3.05) is 26.7 Å². The van der Waals surface area contributed by atoms with Gasteiger partial charge in [-0.3, -0.25) is 4.90 Å². The van der Waals surface area contributed by atoms with E-state index < -0.39 is 0 Å². The summed E-state index contributed by atoms with van der Waals surface area (Å²) in [5, 5.41) is 3.50. The smallest absolute Gasteiger partial charge is 0.212 e. The molecule has 18 heavy (non-hydrogen) atoms. The fraction of sp³-hybridized carbons (Fsp3) is 0.643. The number of rotatable bonds is 3. The summed E-state index contributed by atoms with van der Waals surface area (Å²) < 4.78 is 5.09.